The van der Waals surface area contributed by atoms with Gasteiger partial charge in [0.15, 0.2) is 0 Å². The second-order valence-corrected chi connectivity index (χ2v) is 5.25. The van der Waals surface area contributed by atoms with Gasteiger partial charge in [0, 0.05) is 6.42 Å². The number of rotatable bonds is 12. The van der Waals surface area contributed by atoms with E-state index < -0.39 is 0 Å². The summed E-state index contributed by atoms with van der Waals surface area (Å²) >= 11 is 0. The smallest absolute Gasteiger partial charge is 0.119 e. The average molecular weight is 344 g/mol. The van der Waals surface area contributed by atoms with Gasteiger partial charge in [-0.2, -0.15) is 0 Å². The molecule has 0 radical (unpaired) electrons. The van der Waals surface area contributed by atoms with E-state index in [1.54, 1.807) is 12.2 Å². The van der Waals surface area contributed by atoms with Crippen LogP contribution in [-0.4, -0.2) is 6.29 Å². The SMILES string of the molecule is CC=C=C=C=C=C=C/C=C/C=C/C=C/C=C/C=C/CCCCCCC=O. The zero-order valence-corrected chi connectivity index (χ0v) is 15.7. The Morgan fingerprint density at radius 1 is 0.615 bits per heavy atom. The molecule has 0 saturated heterocycles. The standard InChI is InChI=1S/C25H28O/c1-2-3-4-5-6-7-8-9-10-11-12-13-14-15-16-17-18-19-20-21-22-23-24-25-26/h2,8-18,25H,19-24H2,1H3/b10-9+,12-11+,14-13+,16-15+,18-17+. The van der Waals surface area contributed by atoms with E-state index in [4.69, 9.17) is 0 Å². The number of hydrogen-bond acceptors (Lipinski definition) is 1. The van der Waals surface area contributed by atoms with Crippen molar-refractivity contribution in [3.63, 3.8) is 0 Å². The van der Waals surface area contributed by atoms with E-state index in [2.05, 4.69) is 40.8 Å². The van der Waals surface area contributed by atoms with Crippen LogP contribution in [0.2, 0.25) is 0 Å². The van der Waals surface area contributed by atoms with Crippen LogP contribution in [-0.2, 0) is 4.79 Å². The van der Waals surface area contributed by atoms with Gasteiger partial charge in [0.25, 0.3) is 0 Å². The number of aldehydes is 1. The van der Waals surface area contributed by atoms with E-state index in [9.17, 15) is 4.79 Å². The molecule has 0 atom stereocenters. The molecule has 0 aromatic carbocycles. The maximum Gasteiger partial charge on any atom is 0.119 e. The van der Waals surface area contributed by atoms with Gasteiger partial charge < -0.3 is 4.79 Å². The van der Waals surface area contributed by atoms with Gasteiger partial charge in [-0.3, -0.25) is 0 Å². The highest BCUT2D eigenvalue weighted by Crippen LogP contribution is 2.04. The molecular formula is C25H28O. The van der Waals surface area contributed by atoms with Gasteiger partial charge in [-0.05, 0) is 55.5 Å². The molecule has 134 valence electrons. The molecule has 0 bridgehead atoms. The Labute approximate surface area is 158 Å². The molecule has 1 heteroatoms. The summed E-state index contributed by atoms with van der Waals surface area (Å²) < 4.78 is 0. The van der Waals surface area contributed by atoms with Crippen LogP contribution in [0.25, 0.3) is 0 Å². The quantitative estimate of drug-likeness (QED) is 0.167. The van der Waals surface area contributed by atoms with Crippen LogP contribution in [0.1, 0.15) is 45.4 Å². The highest BCUT2D eigenvalue weighted by Gasteiger charge is 1.87. The summed E-state index contributed by atoms with van der Waals surface area (Å²) in [6, 6.07) is 0. The van der Waals surface area contributed by atoms with Crippen LogP contribution in [0.5, 0.6) is 0 Å². The molecule has 0 amide bonds. The number of carbonyl (C=O) groups is 1. The molecule has 0 rings (SSSR count). The molecule has 0 spiro atoms. The molecule has 0 heterocycles. The molecule has 0 unspecified atom stereocenters. The number of carbonyl (C=O) groups excluding carboxylic acids is 1. The first kappa shape index (κ1) is 23.0. The van der Waals surface area contributed by atoms with Gasteiger partial charge in [0.1, 0.15) is 6.29 Å². The second-order valence-electron chi connectivity index (χ2n) is 5.25. The van der Waals surface area contributed by atoms with E-state index >= 15 is 0 Å². The third kappa shape index (κ3) is 21.0. The van der Waals surface area contributed by atoms with Crippen LogP contribution in [0.15, 0.2) is 102 Å². The monoisotopic (exact) mass is 344 g/mol. The normalized spacial score (nSPS) is 10.8. The van der Waals surface area contributed by atoms with Crippen LogP contribution < -0.4 is 0 Å². The van der Waals surface area contributed by atoms with Crippen molar-refractivity contribution >= 4 is 6.29 Å². The van der Waals surface area contributed by atoms with Crippen molar-refractivity contribution in [2.75, 3.05) is 0 Å². The summed E-state index contributed by atoms with van der Waals surface area (Å²) in [7, 11) is 0. The molecule has 0 aromatic heterocycles. The predicted molar refractivity (Wildman–Crippen MR) is 112 cm³/mol. The summed E-state index contributed by atoms with van der Waals surface area (Å²) in [5.74, 6) is 0. The second kappa shape index (κ2) is 22.0. The molecule has 0 fully saturated rings. The molecule has 0 aliphatic carbocycles. The van der Waals surface area contributed by atoms with Crippen LogP contribution in [0, 0.1) is 0 Å². The van der Waals surface area contributed by atoms with Crippen molar-refractivity contribution in [2.24, 2.45) is 0 Å². The van der Waals surface area contributed by atoms with Crippen molar-refractivity contribution in [2.45, 2.75) is 45.4 Å². The number of hydrogen-bond donors (Lipinski definition) is 0. The summed E-state index contributed by atoms with van der Waals surface area (Å²) in [5.41, 5.74) is 13.6. The van der Waals surface area contributed by atoms with Crippen molar-refractivity contribution in [1.82, 2.24) is 0 Å². The van der Waals surface area contributed by atoms with E-state index in [0.717, 1.165) is 25.5 Å². The van der Waals surface area contributed by atoms with Crippen LogP contribution >= 0.6 is 0 Å². The minimum absolute atomic E-state index is 0.701. The number of unbranched alkanes of at least 4 members (excludes halogenated alkanes) is 5. The molecule has 0 saturated carbocycles. The Morgan fingerprint density at radius 2 is 1.19 bits per heavy atom. The van der Waals surface area contributed by atoms with Crippen molar-refractivity contribution < 1.29 is 4.79 Å². The average Bonchev–Trinajstić information content (AvgIpc) is 2.66. The Balaban J connectivity index is 3.88. The lowest BCUT2D eigenvalue weighted by molar-refractivity contribution is -0.107. The Hall–Kier alpha value is -2.99. The van der Waals surface area contributed by atoms with E-state index in [1.807, 2.05) is 55.5 Å². The molecule has 1 nitrogen and oxygen atoms in total. The number of allylic oxidation sites excluding steroid dienone is 12. The third-order valence-electron chi connectivity index (χ3n) is 3.06. The summed E-state index contributed by atoms with van der Waals surface area (Å²) in [4.78, 5) is 10.2. The van der Waals surface area contributed by atoms with Gasteiger partial charge in [-0.25, -0.2) is 0 Å². The van der Waals surface area contributed by atoms with Gasteiger partial charge in [-0.1, -0.05) is 85.1 Å². The van der Waals surface area contributed by atoms with Gasteiger partial charge >= 0.3 is 0 Å². The molecule has 0 aliphatic heterocycles. The van der Waals surface area contributed by atoms with E-state index in [1.165, 1.54) is 12.8 Å². The highest BCUT2D eigenvalue weighted by molar-refractivity contribution is 5.48. The Morgan fingerprint density at radius 3 is 1.85 bits per heavy atom. The largest absolute Gasteiger partial charge is 0.303 e. The first-order valence-corrected chi connectivity index (χ1v) is 9.04. The fourth-order valence-electron chi connectivity index (χ4n) is 1.79. The van der Waals surface area contributed by atoms with E-state index in [-0.39, 0.29) is 0 Å². The maximum absolute atomic E-state index is 10.2. The molecule has 0 N–H and O–H groups in total. The summed E-state index contributed by atoms with van der Waals surface area (Å²) in [6.07, 6.45) is 30.8. The minimum Gasteiger partial charge on any atom is -0.303 e. The predicted octanol–water partition coefficient (Wildman–Crippen LogP) is 6.66. The first-order valence-electron chi connectivity index (χ1n) is 9.04. The van der Waals surface area contributed by atoms with Crippen LogP contribution in [0.4, 0.5) is 0 Å². The fourth-order valence-corrected chi connectivity index (χ4v) is 1.79. The zero-order valence-electron chi connectivity index (χ0n) is 15.7. The molecular weight excluding hydrogens is 316 g/mol. The Bertz CT molecular complexity index is 708. The Kier molecular flexibility index (Phi) is 19.5. The first-order chi connectivity index (χ1) is 12.9. The lowest BCUT2D eigenvalue weighted by atomic mass is 10.1. The molecule has 0 aliphatic rings. The minimum atomic E-state index is 0.701. The molecule has 26 heavy (non-hydrogen) atoms. The lowest BCUT2D eigenvalue weighted by Gasteiger charge is -1.94. The topological polar surface area (TPSA) is 17.1 Å². The lowest BCUT2D eigenvalue weighted by Crippen LogP contribution is -1.78. The van der Waals surface area contributed by atoms with Gasteiger partial charge in [-0.15, -0.1) is 0 Å². The summed E-state index contributed by atoms with van der Waals surface area (Å²) in [6.45, 7) is 1.87. The zero-order chi connectivity index (χ0) is 19.0. The highest BCUT2D eigenvalue weighted by atomic mass is 16.1. The third-order valence-corrected chi connectivity index (χ3v) is 3.06. The van der Waals surface area contributed by atoms with Crippen molar-refractivity contribution in [3.05, 3.63) is 102 Å². The fraction of sp³-hybridized carbons (Fsp3) is 0.280. The van der Waals surface area contributed by atoms with Crippen molar-refractivity contribution in [3.8, 4) is 0 Å². The molecule has 0 aromatic rings. The van der Waals surface area contributed by atoms with E-state index in [0.29, 0.717) is 6.42 Å². The van der Waals surface area contributed by atoms with Crippen molar-refractivity contribution in [1.29, 1.82) is 0 Å². The summed E-state index contributed by atoms with van der Waals surface area (Å²) in [5, 5.41) is 0. The van der Waals surface area contributed by atoms with Gasteiger partial charge in [0.2, 0.25) is 0 Å². The van der Waals surface area contributed by atoms with Crippen LogP contribution in [0.3, 0.4) is 0 Å². The maximum atomic E-state index is 10.2. The van der Waals surface area contributed by atoms with Gasteiger partial charge in [0.05, 0.1) is 0 Å².